The number of H-pyrrole nitrogens is 1. The number of benzene rings is 1. The largest absolute Gasteiger partial charge is 0.390 e. The number of nitrogens with one attached hydrogen (secondary N) is 2. The third-order valence-corrected chi connectivity index (χ3v) is 5.13. The van der Waals surface area contributed by atoms with Gasteiger partial charge in [-0.25, -0.2) is 0 Å². The molecule has 0 spiro atoms. The summed E-state index contributed by atoms with van der Waals surface area (Å²) < 4.78 is 5.28. The van der Waals surface area contributed by atoms with Crippen molar-refractivity contribution in [3.05, 3.63) is 35.5 Å². The van der Waals surface area contributed by atoms with Crippen molar-refractivity contribution in [1.29, 1.82) is 0 Å². The van der Waals surface area contributed by atoms with Crippen molar-refractivity contribution in [3.63, 3.8) is 0 Å². The van der Waals surface area contributed by atoms with Crippen LogP contribution in [0.15, 0.2) is 24.3 Å². The molecule has 3 N–H and O–H groups in total. The Balaban J connectivity index is 1.56. The van der Waals surface area contributed by atoms with Crippen molar-refractivity contribution >= 4 is 16.8 Å². The van der Waals surface area contributed by atoms with Crippen molar-refractivity contribution < 1.29 is 14.6 Å². The average molecular weight is 330 g/mol. The summed E-state index contributed by atoms with van der Waals surface area (Å²) >= 11 is 0. The van der Waals surface area contributed by atoms with Crippen molar-refractivity contribution in [1.82, 2.24) is 10.3 Å². The Bertz CT molecular complexity index is 710. The third-order valence-electron chi connectivity index (χ3n) is 5.13. The monoisotopic (exact) mass is 330 g/mol. The Kier molecular flexibility index (Phi) is 5.21. The average Bonchev–Trinajstić information content (AvgIpc) is 2.91. The molecule has 0 saturated heterocycles. The number of rotatable bonds is 5. The topological polar surface area (TPSA) is 74.3 Å². The molecule has 3 rings (SSSR count). The van der Waals surface area contributed by atoms with Crippen LogP contribution >= 0.6 is 0 Å². The van der Waals surface area contributed by atoms with E-state index in [1.807, 2.05) is 12.1 Å². The molecule has 1 aliphatic rings. The summed E-state index contributed by atoms with van der Waals surface area (Å²) in [5.74, 6) is 0.00357. The lowest BCUT2D eigenvalue weighted by atomic mass is 9.84. The van der Waals surface area contributed by atoms with E-state index in [9.17, 15) is 9.90 Å². The molecular weight excluding hydrogens is 304 g/mol. The van der Waals surface area contributed by atoms with Gasteiger partial charge in [0.2, 0.25) is 5.91 Å². The summed E-state index contributed by atoms with van der Waals surface area (Å²) in [6.07, 6.45) is 2.07. The zero-order valence-corrected chi connectivity index (χ0v) is 14.3. The number of hydrogen-bond acceptors (Lipinski definition) is 3. The molecule has 0 radical (unpaired) electrons. The third kappa shape index (κ3) is 3.47. The van der Waals surface area contributed by atoms with Gasteiger partial charge >= 0.3 is 0 Å². The van der Waals surface area contributed by atoms with Crippen LogP contribution in [-0.2, 0) is 16.0 Å². The molecule has 5 nitrogen and oxygen atoms in total. The van der Waals surface area contributed by atoms with Crippen LogP contribution in [0.25, 0.3) is 10.9 Å². The van der Waals surface area contributed by atoms with Crippen LogP contribution in [0, 0.1) is 12.8 Å². The first kappa shape index (κ1) is 17.0. The lowest BCUT2D eigenvalue weighted by Crippen LogP contribution is -2.41. The van der Waals surface area contributed by atoms with E-state index >= 15 is 0 Å². The molecule has 3 atom stereocenters. The summed E-state index contributed by atoms with van der Waals surface area (Å²) in [4.78, 5) is 15.8. The molecule has 0 unspecified atom stereocenters. The van der Waals surface area contributed by atoms with E-state index in [0.717, 1.165) is 24.1 Å². The van der Waals surface area contributed by atoms with Crippen LogP contribution in [0.1, 0.15) is 30.5 Å². The Labute approximate surface area is 142 Å². The number of aliphatic hydroxyl groups is 1. The highest BCUT2D eigenvalue weighted by Crippen LogP contribution is 2.27. The standard InChI is InChI=1S/C19H26N2O3/c1-12-14(15-5-3-4-6-16(15)21-12)9-10-20-19(23)13-7-8-17(22)18(11-13)24-2/h3-6,13,17-18,21-22H,7-11H2,1-2H3,(H,20,23)/t13-,17+,18-/m1/s1. The van der Waals surface area contributed by atoms with Gasteiger partial charge in [-0.3, -0.25) is 4.79 Å². The van der Waals surface area contributed by atoms with Crippen LogP contribution in [0.4, 0.5) is 0 Å². The first-order chi connectivity index (χ1) is 11.6. The minimum atomic E-state index is -0.451. The predicted molar refractivity (Wildman–Crippen MR) is 93.9 cm³/mol. The maximum atomic E-state index is 12.4. The van der Waals surface area contributed by atoms with E-state index in [1.165, 1.54) is 10.9 Å². The number of ether oxygens (including phenoxy) is 1. The molecule has 5 heteroatoms. The number of hydrogen-bond donors (Lipinski definition) is 3. The van der Waals surface area contributed by atoms with Gasteiger partial charge in [0.15, 0.2) is 0 Å². The van der Waals surface area contributed by atoms with E-state index in [2.05, 4.69) is 29.4 Å². The summed E-state index contributed by atoms with van der Waals surface area (Å²) in [7, 11) is 1.59. The van der Waals surface area contributed by atoms with Gasteiger partial charge in [-0.1, -0.05) is 18.2 Å². The summed E-state index contributed by atoms with van der Waals surface area (Å²) in [5, 5.41) is 14.1. The van der Waals surface area contributed by atoms with Crippen LogP contribution in [0.2, 0.25) is 0 Å². The van der Waals surface area contributed by atoms with E-state index in [1.54, 1.807) is 7.11 Å². The second-order valence-electron chi connectivity index (χ2n) is 6.67. The first-order valence-electron chi connectivity index (χ1n) is 8.65. The summed E-state index contributed by atoms with van der Waals surface area (Å²) in [6.45, 7) is 2.70. The fourth-order valence-electron chi connectivity index (χ4n) is 3.72. The van der Waals surface area contributed by atoms with Gasteiger partial charge in [-0.05, 0) is 44.2 Å². The zero-order valence-electron chi connectivity index (χ0n) is 14.3. The number of aliphatic hydroxyl groups excluding tert-OH is 1. The predicted octanol–water partition coefficient (Wildman–Crippen LogP) is 2.31. The zero-order chi connectivity index (χ0) is 17.1. The Hall–Kier alpha value is -1.85. The lowest BCUT2D eigenvalue weighted by molar-refractivity contribution is -0.130. The quantitative estimate of drug-likeness (QED) is 0.787. The fraction of sp³-hybridized carbons (Fsp3) is 0.526. The molecule has 1 saturated carbocycles. The van der Waals surface area contributed by atoms with E-state index in [-0.39, 0.29) is 17.9 Å². The van der Waals surface area contributed by atoms with E-state index in [0.29, 0.717) is 19.4 Å². The van der Waals surface area contributed by atoms with Gasteiger partial charge in [-0.15, -0.1) is 0 Å². The van der Waals surface area contributed by atoms with Crippen molar-refractivity contribution in [2.75, 3.05) is 13.7 Å². The number of carbonyl (C=O) groups is 1. The number of fused-ring (bicyclic) bond motifs is 1. The minimum absolute atomic E-state index is 0.0672. The number of aromatic amines is 1. The number of amides is 1. The first-order valence-corrected chi connectivity index (χ1v) is 8.65. The maximum Gasteiger partial charge on any atom is 0.223 e. The molecule has 24 heavy (non-hydrogen) atoms. The van der Waals surface area contributed by atoms with E-state index < -0.39 is 6.10 Å². The van der Waals surface area contributed by atoms with Crippen molar-refractivity contribution in [2.24, 2.45) is 5.92 Å². The number of aromatic nitrogens is 1. The van der Waals surface area contributed by atoms with Gasteiger partial charge in [-0.2, -0.15) is 0 Å². The van der Waals surface area contributed by atoms with Gasteiger partial charge in [0, 0.05) is 36.2 Å². The molecule has 1 heterocycles. The highest BCUT2D eigenvalue weighted by molar-refractivity contribution is 5.84. The van der Waals surface area contributed by atoms with Crippen LogP contribution in [0.3, 0.4) is 0 Å². The Morgan fingerprint density at radius 1 is 1.38 bits per heavy atom. The van der Waals surface area contributed by atoms with Gasteiger partial charge < -0.3 is 20.1 Å². The van der Waals surface area contributed by atoms with Gasteiger partial charge in [0.1, 0.15) is 0 Å². The Morgan fingerprint density at radius 3 is 2.96 bits per heavy atom. The van der Waals surface area contributed by atoms with Crippen LogP contribution in [0.5, 0.6) is 0 Å². The SMILES string of the molecule is CO[C@@H]1C[C@H](C(=O)NCCc2c(C)[nH]c3ccccc23)CC[C@@H]1O. The summed E-state index contributed by atoms with van der Waals surface area (Å²) in [5.41, 5.74) is 3.56. The fourth-order valence-corrected chi connectivity index (χ4v) is 3.72. The normalized spacial score (nSPS) is 24.2. The summed E-state index contributed by atoms with van der Waals surface area (Å²) in [6, 6.07) is 8.24. The molecule has 2 aromatic rings. The molecule has 1 aliphatic carbocycles. The molecule has 0 aliphatic heterocycles. The van der Waals surface area contributed by atoms with Crippen molar-refractivity contribution in [3.8, 4) is 0 Å². The molecular formula is C19H26N2O3. The molecule has 1 fully saturated rings. The number of carbonyl (C=O) groups excluding carboxylic acids is 1. The van der Waals surface area contributed by atoms with Crippen molar-refractivity contribution in [2.45, 2.75) is 44.8 Å². The highest BCUT2D eigenvalue weighted by Gasteiger charge is 2.32. The second kappa shape index (κ2) is 7.36. The lowest BCUT2D eigenvalue weighted by Gasteiger charge is -2.31. The molecule has 1 amide bonds. The number of para-hydroxylation sites is 1. The van der Waals surface area contributed by atoms with Gasteiger partial charge in [0.25, 0.3) is 0 Å². The number of methoxy groups -OCH3 is 1. The molecule has 0 bridgehead atoms. The van der Waals surface area contributed by atoms with Gasteiger partial charge in [0.05, 0.1) is 12.2 Å². The molecule has 1 aromatic heterocycles. The highest BCUT2D eigenvalue weighted by atomic mass is 16.5. The smallest absolute Gasteiger partial charge is 0.223 e. The van der Waals surface area contributed by atoms with Crippen LogP contribution < -0.4 is 5.32 Å². The maximum absolute atomic E-state index is 12.4. The Morgan fingerprint density at radius 2 is 2.17 bits per heavy atom. The minimum Gasteiger partial charge on any atom is -0.390 e. The molecule has 1 aromatic carbocycles. The molecule has 130 valence electrons. The number of aryl methyl sites for hydroxylation is 1. The second-order valence-corrected chi connectivity index (χ2v) is 6.67. The van der Waals surface area contributed by atoms with Crippen LogP contribution in [-0.4, -0.2) is 41.9 Å². The van der Waals surface area contributed by atoms with E-state index in [4.69, 9.17) is 4.74 Å².